The molecule has 0 aromatic heterocycles. The number of ether oxygens (including phenoxy) is 2. The van der Waals surface area contributed by atoms with Crippen molar-refractivity contribution < 1.29 is 14.3 Å². The summed E-state index contributed by atoms with van der Waals surface area (Å²) >= 11 is 0. The third-order valence-electron chi connectivity index (χ3n) is 3.67. The number of carbonyl (C=O) groups excluding carboxylic acids is 1. The fourth-order valence-corrected chi connectivity index (χ4v) is 2.41. The van der Waals surface area contributed by atoms with Crippen molar-refractivity contribution in [2.75, 3.05) is 26.1 Å². The van der Waals surface area contributed by atoms with Crippen molar-refractivity contribution in [1.29, 1.82) is 0 Å². The predicted octanol–water partition coefficient (Wildman–Crippen LogP) is 3.13. The van der Waals surface area contributed by atoms with E-state index < -0.39 is 0 Å². The van der Waals surface area contributed by atoms with E-state index in [4.69, 9.17) is 9.47 Å². The summed E-state index contributed by atoms with van der Waals surface area (Å²) in [5, 5.41) is 6.16. The first-order valence-electron chi connectivity index (χ1n) is 7.91. The number of hydrogen-bond donors (Lipinski definition) is 2. The average molecular weight is 328 g/mol. The highest BCUT2D eigenvalue weighted by Gasteiger charge is 2.08. The van der Waals surface area contributed by atoms with Crippen LogP contribution in [0.2, 0.25) is 0 Å². The molecule has 0 saturated heterocycles. The Bertz CT molecular complexity index is 686. The van der Waals surface area contributed by atoms with Gasteiger partial charge in [0.25, 0.3) is 0 Å². The van der Waals surface area contributed by atoms with Crippen LogP contribution in [-0.4, -0.2) is 26.7 Å². The van der Waals surface area contributed by atoms with Crippen molar-refractivity contribution >= 4 is 11.6 Å². The van der Waals surface area contributed by atoms with Gasteiger partial charge in [0.05, 0.1) is 19.9 Å². The van der Waals surface area contributed by atoms with Crippen LogP contribution < -0.4 is 20.1 Å². The number of nitrogens with one attached hydrogen (secondary N) is 2. The van der Waals surface area contributed by atoms with Crippen molar-refractivity contribution in [2.24, 2.45) is 0 Å². The minimum atomic E-state index is -0.0496. The minimum absolute atomic E-state index is 0.0496. The lowest BCUT2D eigenvalue weighted by Crippen LogP contribution is -2.22. The van der Waals surface area contributed by atoms with Crippen LogP contribution in [0.5, 0.6) is 11.5 Å². The molecular formula is C19H24N2O3. The summed E-state index contributed by atoms with van der Waals surface area (Å²) in [6, 6.07) is 13.5. The number of rotatable bonds is 8. The number of aryl methyl sites for hydroxylation is 1. The van der Waals surface area contributed by atoms with E-state index in [2.05, 4.69) is 10.6 Å². The second-order valence-electron chi connectivity index (χ2n) is 5.49. The van der Waals surface area contributed by atoms with Crippen LogP contribution in [-0.2, 0) is 11.3 Å². The quantitative estimate of drug-likeness (QED) is 0.731. The maximum atomic E-state index is 12.1. The van der Waals surface area contributed by atoms with Gasteiger partial charge in [0, 0.05) is 25.1 Å². The van der Waals surface area contributed by atoms with E-state index in [9.17, 15) is 4.79 Å². The summed E-state index contributed by atoms with van der Waals surface area (Å²) in [4.78, 5) is 12.1. The molecule has 24 heavy (non-hydrogen) atoms. The molecule has 2 aromatic rings. The Morgan fingerprint density at radius 2 is 1.79 bits per heavy atom. The molecule has 2 rings (SSSR count). The van der Waals surface area contributed by atoms with Crippen LogP contribution in [0, 0.1) is 6.92 Å². The zero-order valence-electron chi connectivity index (χ0n) is 14.4. The van der Waals surface area contributed by atoms with Crippen LogP contribution in [0.1, 0.15) is 17.5 Å². The molecular weight excluding hydrogens is 304 g/mol. The first-order chi connectivity index (χ1) is 11.6. The van der Waals surface area contributed by atoms with Crippen LogP contribution in [0.4, 0.5) is 5.69 Å². The molecule has 0 fully saturated rings. The Labute approximate surface area is 143 Å². The van der Waals surface area contributed by atoms with Crippen molar-refractivity contribution in [2.45, 2.75) is 19.9 Å². The lowest BCUT2D eigenvalue weighted by molar-refractivity contribution is -0.116. The zero-order valence-corrected chi connectivity index (χ0v) is 14.4. The maximum Gasteiger partial charge on any atom is 0.225 e. The van der Waals surface area contributed by atoms with Crippen molar-refractivity contribution in [1.82, 2.24) is 5.32 Å². The number of methoxy groups -OCH3 is 2. The third-order valence-corrected chi connectivity index (χ3v) is 3.67. The average Bonchev–Trinajstić information content (AvgIpc) is 2.59. The van der Waals surface area contributed by atoms with Crippen molar-refractivity contribution in [3.8, 4) is 11.5 Å². The zero-order chi connectivity index (χ0) is 17.4. The molecule has 0 radical (unpaired) electrons. The van der Waals surface area contributed by atoms with E-state index in [0.717, 1.165) is 16.9 Å². The Morgan fingerprint density at radius 1 is 1.04 bits per heavy atom. The fraction of sp³-hybridized carbons (Fsp3) is 0.316. The molecule has 1 amide bonds. The van der Waals surface area contributed by atoms with Crippen LogP contribution in [0.25, 0.3) is 0 Å². The number of carbonyl (C=O) groups is 1. The first kappa shape index (κ1) is 17.8. The molecule has 5 heteroatoms. The summed E-state index contributed by atoms with van der Waals surface area (Å²) in [7, 11) is 3.25. The van der Waals surface area contributed by atoms with Gasteiger partial charge in [-0.2, -0.15) is 0 Å². The van der Waals surface area contributed by atoms with Gasteiger partial charge in [-0.15, -0.1) is 0 Å². The lowest BCUT2D eigenvalue weighted by Gasteiger charge is -2.12. The molecule has 0 aliphatic carbocycles. The van der Waals surface area contributed by atoms with Crippen molar-refractivity contribution in [3.05, 3.63) is 53.6 Å². The molecule has 5 nitrogen and oxygen atoms in total. The number of hydrogen-bond acceptors (Lipinski definition) is 4. The maximum absolute atomic E-state index is 12.1. The molecule has 2 N–H and O–H groups in total. The standard InChI is InChI=1S/C19H24N2O3/c1-14-8-9-18(24-3)16(12-14)21-19(22)10-11-20-13-15-6-4-5-7-17(15)23-2/h4-9,12,20H,10-11,13H2,1-3H3,(H,21,22). The molecule has 0 spiro atoms. The number of benzene rings is 2. The third kappa shape index (κ3) is 4.99. The van der Waals surface area contributed by atoms with Gasteiger partial charge < -0.3 is 20.1 Å². The van der Waals surface area contributed by atoms with Gasteiger partial charge in [0.15, 0.2) is 0 Å². The van der Waals surface area contributed by atoms with Crippen molar-refractivity contribution in [3.63, 3.8) is 0 Å². The Hall–Kier alpha value is -2.53. The monoisotopic (exact) mass is 328 g/mol. The first-order valence-corrected chi connectivity index (χ1v) is 7.91. The summed E-state index contributed by atoms with van der Waals surface area (Å²) in [6.45, 7) is 3.22. The number of para-hydroxylation sites is 1. The minimum Gasteiger partial charge on any atom is -0.496 e. The molecule has 2 aromatic carbocycles. The van der Waals surface area contributed by atoms with Crippen LogP contribution >= 0.6 is 0 Å². The van der Waals surface area contributed by atoms with Gasteiger partial charge in [-0.3, -0.25) is 4.79 Å². The highest BCUT2D eigenvalue weighted by atomic mass is 16.5. The van der Waals surface area contributed by atoms with E-state index >= 15 is 0 Å². The highest BCUT2D eigenvalue weighted by molar-refractivity contribution is 5.92. The fourth-order valence-electron chi connectivity index (χ4n) is 2.41. The number of amides is 1. The smallest absolute Gasteiger partial charge is 0.225 e. The molecule has 0 atom stereocenters. The SMILES string of the molecule is COc1ccccc1CNCCC(=O)Nc1cc(C)ccc1OC. The van der Waals surface area contributed by atoms with Gasteiger partial charge >= 0.3 is 0 Å². The van der Waals surface area contributed by atoms with Gasteiger partial charge in [0.2, 0.25) is 5.91 Å². The topological polar surface area (TPSA) is 59.6 Å². The second-order valence-corrected chi connectivity index (χ2v) is 5.49. The van der Waals surface area contributed by atoms with Gasteiger partial charge in [-0.1, -0.05) is 24.3 Å². The Kier molecular flexibility index (Phi) is 6.63. The van der Waals surface area contributed by atoms with E-state index in [0.29, 0.717) is 30.9 Å². The molecule has 0 aliphatic heterocycles. The molecule has 0 saturated carbocycles. The van der Waals surface area contributed by atoms with E-state index in [1.54, 1.807) is 14.2 Å². The van der Waals surface area contributed by atoms with Crippen LogP contribution in [0.15, 0.2) is 42.5 Å². The molecule has 0 unspecified atom stereocenters. The van der Waals surface area contributed by atoms with Gasteiger partial charge in [0.1, 0.15) is 11.5 Å². The Morgan fingerprint density at radius 3 is 2.54 bits per heavy atom. The molecule has 0 aliphatic rings. The second kappa shape index (κ2) is 8.93. The molecule has 0 bridgehead atoms. The Balaban J connectivity index is 1.81. The summed E-state index contributed by atoms with van der Waals surface area (Å²) < 4.78 is 10.6. The van der Waals surface area contributed by atoms with E-state index in [-0.39, 0.29) is 5.91 Å². The number of anilines is 1. The van der Waals surface area contributed by atoms with Gasteiger partial charge in [-0.05, 0) is 30.7 Å². The largest absolute Gasteiger partial charge is 0.496 e. The van der Waals surface area contributed by atoms with Crippen LogP contribution in [0.3, 0.4) is 0 Å². The molecule has 0 heterocycles. The van der Waals surface area contributed by atoms with E-state index in [1.165, 1.54) is 0 Å². The highest BCUT2D eigenvalue weighted by Crippen LogP contribution is 2.25. The van der Waals surface area contributed by atoms with E-state index in [1.807, 2.05) is 49.4 Å². The van der Waals surface area contributed by atoms with Gasteiger partial charge in [-0.25, -0.2) is 0 Å². The normalized spacial score (nSPS) is 10.3. The predicted molar refractivity (Wildman–Crippen MR) is 95.7 cm³/mol. The lowest BCUT2D eigenvalue weighted by atomic mass is 10.2. The summed E-state index contributed by atoms with van der Waals surface area (Å²) in [5.41, 5.74) is 2.84. The summed E-state index contributed by atoms with van der Waals surface area (Å²) in [5.74, 6) is 1.46. The summed E-state index contributed by atoms with van der Waals surface area (Å²) in [6.07, 6.45) is 0.381. The molecule has 128 valence electrons.